The van der Waals surface area contributed by atoms with Crippen molar-refractivity contribution >= 4 is 11.8 Å². The quantitative estimate of drug-likeness (QED) is 0.846. The van der Waals surface area contributed by atoms with Gasteiger partial charge in [0.25, 0.3) is 0 Å². The van der Waals surface area contributed by atoms with Crippen molar-refractivity contribution in [2.24, 2.45) is 11.8 Å². The first-order valence-electron chi connectivity index (χ1n) is 9.68. The third-order valence-corrected chi connectivity index (χ3v) is 5.73. The molecule has 2 saturated heterocycles. The van der Waals surface area contributed by atoms with Gasteiger partial charge in [0.15, 0.2) is 0 Å². The summed E-state index contributed by atoms with van der Waals surface area (Å²) in [4.78, 5) is 28.9. The van der Waals surface area contributed by atoms with Crippen LogP contribution in [-0.4, -0.2) is 47.8 Å². The summed E-state index contributed by atoms with van der Waals surface area (Å²) in [6.45, 7) is 7.07. The van der Waals surface area contributed by atoms with Gasteiger partial charge < -0.3 is 9.80 Å². The molecule has 4 nitrogen and oxygen atoms in total. The maximum Gasteiger partial charge on any atom is 0.225 e. The van der Waals surface area contributed by atoms with Gasteiger partial charge in [0.1, 0.15) is 0 Å². The van der Waals surface area contributed by atoms with Gasteiger partial charge in [-0.25, -0.2) is 0 Å². The third kappa shape index (κ3) is 4.23. The Bertz CT molecular complexity index is 583. The van der Waals surface area contributed by atoms with Crippen molar-refractivity contribution in [3.05, 3.63) is 35.9 Å². The SMILES string of the molecule is CC(C)C(=O)N1CCC(C(=O)N2CCC(c3ccccc3)CC2)CC1. The van der Waals surface area contributed by atoms with Crippen LogP contribution in [0.3, 0.4) is 0 Å². The second-order valence-corrected chi connectivity index (χ2v) is 7.76. The number of nitrogens with zero attached hydrogens (tertiary/aromatic N) is 2. The van der Waals surface area contributed by atoms with Gasteiger partial charge in [-0.05, 0) is 37.2 Å². The molecule has 2 amide bonds. The summed E-state index contributed by atoms with van der Waals surface area (Å²) in [5, 5.41) is 0. The summed E-state index contributed by atoms with van der Waals surface area (Å²) >= 11 is 0. The Kier molecular flexibility index (Phi) is 5.77. The zero-order valence-corrected chi connectivity index (χ0v) is 15.5. The van der Waals surface area contributed by atoms with E-state index in [0.717, 1.165) is 51.9 Å². The van der Waals surface area contributed by atoms with Gasteiger partial charge in [0, 0.05) is 38.0 Å². The summed E-state index contributed by atoms with van der Waals surface area (Å²) in [5.74, 6) is 1.25. The van der Waals surface area contributed by atoms with Crippen LogP contribution in [0.25, 0.3) is 0 Å². The molecule has 0 aliphatic carbocycles. The fraction of sp³-hybridized carbons (Fsp3) is 0.619. The molecule has 2 heterocycles. The first-order chi connectivity index (χ1) is 12.1. The molecular weight excluding hydrogens is 312 g/mol. The number of amides is 2. The lowest BCUT2D eigenvalue weighted by Gasteiger charge is -2.37. The Morgan fingerprint density at radius 3 is 2.00 bits per heavy atom. The fourth-order valence-electron chi connectivity index (χ4n) is 4.13. The van der Waals surface area contributed by atoms with E-state index in [4.69, 9.17) is 0 Å². The maximum atomic E-state index is 12.8. The largest absolute Gasteiger partial charge is 0.342 e. The van der Waals surface area contributed by atoms with Gasteiger partial charge >= 0.3 is 0 Å². The van der Waals surface area contributed by atoms with Crippen molar-refractivity contribution in [1.82, 2.24) is 9.80 Å². The molecule has 25 heavy (non-hydrogen) atoms. The van der Waals surface area contributed by atoms with Crippen molar-refractivity contribution < 1.29 is 9.59 Å². The van der Waals surface area contributed by atoms with Gasteiger partial charge in [-0.1, -0.05) is 44.2 Å². The molecule has 0 aromatic heterocycles. The van der Waals surface area contributed by atoms with Crippen LogP contribution in [0.1, 0.15) is 51.0 Å². The van der Waals surface area contributed by atoms with E-state index in [1.54, 1.807) is 0 Å². The molecule has 0 atom stereocenters. The normalized spacial score (nSPS) is 20.1. The van der Waals surface area contributed by atoms with E-state index in [9.17, 15) is 9.59 Å². The lowest BCUT2D eigenvalue weighted by molar-refractivity contribution is -0.142. The van der Waals surface area contributed by atoms with Crippen LogP contribution in [0, 0.1) is 11.8 Å². The second-order valence-electron chi connectivity index (χ2n) is 7.76. The Morgan fingerprint density at radius 2 is 1.44 bits per heavy atom. The standard InChI is InChI=1S/C21H30N2O2/c1-16(2)20(24)22-14-10-19(11-15-22)21(25)23-12-8-18(9-13-23)17-6-4-3-5-7-17/h3-7,16,18-19H,8-15H2,1-2H3. The summed E-state index contributed by atoms with van der Waals surface area (Å²) in [6, 6.07) is 10.6. The molecule has 136 valence electrons. The molecule has 4 heteroatoms. The minimum absolute atomic E-state index is 0.0456. The van der Waals surface area contributed by atoms with Crippen molar-refractivity contribution in [2.45, 2.75) is 45.4 Å². The van der Waals surface area contributed by atoms with E-state index in [-0.39, 0.29) is 17.7 Å². The van der Waals surface area contributed by atoms with Crippen LogP contribution >= 0.6 is 0 Å². The van der Waals surface area contributed by atoms with Crippen LogP contribution in [-0.2, 0) is 9.59 Å². The van der Waals surface area contributed by atoms with Crippen molar-refractivity contribution in [3.63, 3.8) is 0 Å². The predicted molar refractivity (Wildman–Crippen MR) is 99.1 cm³/mol. The molecular formula is C21H30N2O2. The lowest BCUT2D eigenvalue weighted by Crippen LogP contribution is -2.47. The molecule has 0 spiro atoms. The number of benzene rings is 1. The van der Waals surface area contributed by atoms with Crippen LogP contribution < -0.4 is 0 Å². The molecule has 0 saturated carbocycles. The molecule has 1 aromatic carbocycles. The minimum Gasteiger partial charge on any atom is -0.342 e. The summed E-state index contributed by atoms with van der Waals surface area (Å²) in [7, 11) is 0. The Hall–Kier alpha value is -1.84. The molecule has 2 aliphatic rings. The van der Waals surface area contributed by atoms with E-state index in [1.165, 1.54) is 5.56 Å². The van der Waals surface area contributed by atoms with Gasteiger partial charge in [0.05, 0.1) is 0 Å². The van der Waals surface area contributed by atoms with Gasteiger partial charge in [-0.3, -0.25) is 9.59 Å². The number of likely N-dealkylation sites (tertiary alicyclic amines) is 2. The first kappa shape index (κ1) is 18.0. The van der Waals surface area contributed by atoms with E-state index < -0.39 is 0 Å². The zero-order chi connectivity index (χ0) is 17.8. The number of hydrogen-bond acceptors (Lipinski definition) is 2. The van der Waals surface area contributed by atoms with E-state index in [0.29, 0.717) is 11.8 Å². The van der Waals surface area contributed by atoms with Crippen LogP contribution in [0.2, 0.25) is 0 Å². The van der Waals surface area contributed by atoms with Gasteiger partial charge in [-0.2, -0.15) is 0 Å². The molecule has 1 aromatic rings. The molecule has 0 unspecified atom stereocenters. The maximum absolute atomic E-state index is 12.8. The van der Waals surface area contributed by atoms with Crippen molar-refractivity contribution in [1.29, 1.82) is 0 Å². The molecule has 2 aliphatic heterocycles. The zero-order valence-electron chi connectivity index (χ0n) is 15.5. The fourth-order valence-corrected chi connectivity index (χ4v) is 4.13. The van der Waals surface area contributed by atoms with Crippen LogP contribution in [0.5, 0.6) is 0 Å². The smallest absolute Gasteiger partial charge is 0.225 e. The second kappa shape index (κ2) is 8.03. The minimum atomic E-state index is 0.0456. The Morgan fingerprint density at radius 1 is 0.880 bits per heavy atom. The van der Waals surface area contributed by atoms with Gasteiger partial charge in [0.2, 0.25) is 11.8 Å². The molecule has 3 rings (SSSR count). The highest BCUT2D eigenvalue weighted by Crippen LogP contribution is 2.29. The highest BCUT2D eigenvalue weighted by molar-refractivity contribution is 5.81. The van der Waals surface area contributed by atoms with E-state index in [1.807, 2.05) is 18.7 Å². The number of carbonyl (C=O) groups is 2. The van der Waals surface area contributed by atoms with E-state index >= 15 is 0 Å². The summed E-state index contributed by atoms with van der Waals surface area (Å²) < 4.78 is 0. The number of rotatable bonds is 3. The number of hydrogen-bond donors (Lipinski definition) is 0. The third-order valence-electron chi connectivity index (χ3n) is 5.73. The Balaban J connectivity index is 1.48. The monoisotopic (exact) mass is 342 g/mol. The van der Waals surface area contributed by atoms with E-state index in [2.05, 4.69) is 35.2 Å². The topological polar surface area (TPSA) is 40.6 Å². The molecule has 2 fully saturated rings. The highest BCUT2D eigenvalue weighted by atomic mass is 16.2. The van der Waals surface area contributed by atoms with Crippen molar-refractivity contribution in [3.8, 4) is 0 Å². The Labute approximate surface area is 151 Å². The number of piperidine rings is 2. The molecule has 0 bridgehead atoms. The highest BCUT2D eigenvalue weighted by Gasteiger charge is 2.32. The average Bonchev–Trinajstić information content (AvgIpc) is 2.67. The average molecular weight is 342 g/mol. The summed E-state index contributed by atoms with van der Waals surface area (Å²) in [6.07, 6.45) is 3.74. The summed E-state index contributed by atoms with van der Waals surface area (Å²) in [5.41, 5.74) is 1.40. The molecule has 0 radical (unpaired) electrons. The number of carbonyl (C=O) groups excluding carboxylic acids is 2. The van der Waals surface area contributed by atoms with Crippen molar-refractivity contribution in [2.75, 3.05) is 26.2 Å². The lowest BCUT2D eigenvalue weighted by atomic mass is 9.88. The van der Waals surface area contributed by atoms with Gasteiger partial charge in [-0.15, -0.1) is 0 Å². The first-order valence-corrected chi connectivity index (χ1v) is 9.68. The molecule has 0 N–H and O–H groups in total. The van der Waals surface area contributed by atoms with Crippen LogP contribution in [0.15, 0.2) is 30.3 Å². The predicted octanol–water partition coefficient (Wildman–Crippen LogP) is 3.29. The van der Waals surface area contributed by atoms with Crippen LogP contribution in [0.4, 0.5) is 0 Å².